The number of carbonyl (C=O) groups excluding carboxylic acids is 2. The van der Waals surface area contributed by atoms with E-state index >= 15 is 0 Å². The van der Waals surface area contributed by atoms with Crippen molar-refractivity contribution in [2.75, 3.05) is 0 Å². The van der Waals surface area contributed by atoms with E-state index in [1.807, 2.05) is 6.07 Å². The van der Waals surface area contributed by atoms with Gasteiger partial charge in [0.1, 0.15) is 23.0 Å². The summed E-state index contributed by atoms with van der Waals surface area (Å²) in [7, 11) is 0. The fourth-order valence-electron chi connectivity index (χ4n) is 5.29. The predicted octanol–water partition coefficient (Wildman–Crippen LogP) is 7.81. The number of nitriles is 2. The molecule has 0 bridgehead atoms. The van der Waals surface area contributed by atoms with Crippen LogP contribution in [0.3, 0.4) is 0 Å². The summed E-state index contributed by atoms with van der Waals surface area (Å²) >= 11 is 11.5. The SMILES string of the molecule is Cc1c(C(N)=O)[nH]c2c(-c3ccc(Cl)c(F)c3)cc(C#N)cc12.Cc1c(C(N)=O)[nH]c2c(-c3ccc(Cl)cc3F)cc(C#N)cc12. The zero-order chi connectivity index (χ0) is 33.4. The molecule has 0 atom stereocenters. The normalized spacial score (nSPS) is 10.7. The van der Waals surface area contributed by atoms with Crippen molar-refractivity contribution in [1.29, 1.82) is 10.5 Å². The highest BCUT2D eigenvalue weighted by Gasteiger charge is 2.19. The summed E-state index contributed by atoms with van der Waals surface area (Å²) in [4.78, 5) is 29.0. The average molecular weight is 655 g/mol. The van der Waals surface area contributed by atoms with E-state index in [2.05, 4.69) is 16.0 Å². The molecule has 228 valence electrons. The van der Waals surface area contributed by atoms with Crippen LogP contribution in [0, 0.1) is 48.1 Å². The van der Waals surface area contributed by atoms with Gasteiger partial charge in [0, 0.05) is 32.5 Å². The summed E-state index contributed by atoms with van der Waals surface area (Å²) in [5, 5.41) is 20.1. The Morgan fingerprint density at radius 2 is 1.22 bits per heavy atom. The molecule has 12 heteroatoms. The van der Waals surface area contributed by atoms with E-state index in [4.69, 9.17) is 34.7 Å². The summed E-state index contributed by atoms with van der Waals surface area (Å²) in [5.74, 6) is -2.27. The van der Waals surface area contributed by atoms with Crippen molar-refractivity contribution in [2.45, 2.75) is 13.8 Å². The monoisotopic (exact) mass is 654 g/mol. The zero-order valence-electron chi connectivity index (χ0n) is 24.2. The molecule has 2 heterocycles. The van der Waals surface area contributed by atoms with Crippen LogP contribution in [0.15, 0.2) is 60.7 Å². The lowest BCUT2D eigenvalue weighted by atomic mass is 9.98. The number of amides is 2. The third-order valence-corrected chi connectivity index (χ3v) is 8.08. The lowest BCUT2D eigenvalue weighted by molar-refractivity contribution is 0.0987. The molecule has 0 saturated carbocycles. The number of fused-ring (bicyclic) bond motifs is 2. The molecule has 8 nitrogen and oxygen atoms in total. The minimum absolute atomic E-state index is 0.0157. The number of carbonyl (C=O) groups is 2. The molecule has 4 aromatic carbocycles. The summed E-state index contributed by atoms with van der Waals surface area (Å²) in [5.41, 5.74) is 16.4. The van der Waals surface area contributed by atoms with E-state index in [0.717, 1.165) is 0 Å². The van der Waals surface area contributed by atoms with E-state index in [1.54, 1.807) is 50.2 Å². The number of nitrogens with zero attached hydrogens (tertiary/aromatic N) is 2. The number of aryl methyl sites for hydroxylation is 2. The molecule has 0 aliphatic carbocycles. The first-order valence-electron chi connectivity index (χ1n) is 13.5. The Balaban J connectivity index is 0.000000181. The largest absolute Gasteiger partial charge is 0.364 e. The Hall–Kier alpha value is -5.68. The summed E-state index contributed by atoms with van der Waals surface area (Å²) in [6.07, 6.45) is 0. The van der Waals surface area contributed by atoms with Crippen molar-refractivity contribution in [3.63, 3.8) is 0 Å². The van der Waals surface area contributed by atoms with E-state index in [0.29, 0.717) is 60.8 Å². The molecule has 0 saturated heterocycles. The zero-order valence-corrected chi connectivity index (χ0v) is 25.7. The van der Waals surface area contributed by atoms with Gasteiger partial charge in [-0.2, -0.15) is 10.5 Å². The molecule has 0 radical (unpaired) electrons. The van der Waals surface area contributed by atoms with Crippen molar-refractivity contribution in [1.82, 2.24) is 9.97 Å². The molecule has 0 aliphatic heterocycles. The number of rotatable bonds is 4. The summed E-state index contributed by atoms with van der Waals surface area (Å²) in [6.45, 7) is 3.47. The van der Waals surface area contributed by atoms with Gasteiger partial charge in [-0.3, -0.25) is 9.59 Å². The van der Waals surface area contributed by atoms with Crippen molar-refractivity contribution >= 4 is 56.8 Å². The second-order valence-electron chi connectivity index (χ2n) is 10.3. The second kappa shape index (κ2) is 12.4. The number of halogens is 4. The lowest BCUT2D eigenvalue weighted by Crippen LogP contribution is -2.12. The standard InChI is InChI=1S/2C17H11ClFN3O/c1-8-11-4-9(7-20)5-12(16(11)22-15(8)17(21)23)10-2-3-13(18)14(19)6-10;1-8-12-4-9(7-20)5-13(16(12)22-15(8)17(21)23)11-3-2-10(18)6-14(11)19/h2*2-6,22H,1H3,(H2,21,23). The van der Waals surface area contributed by atoms with Crippen molar-refractivity contribution in [3.05, 3.63) is 116 Å². The third-order valence-electron chi connectivity index (χ3n) is 7.54. The van der Waals surface area contributed by atoms with Crippen LogP contribution in [0.5, 0.6) is 0 Å². The van der Waals surface area contributed by atoms with Gasteiger partial charge in [0.25, 0.3) is 11.8 Å². The molecular formula is C34H22Cl2F2N6O2. The van der Waals surface area contributed by atoms with Gasteiger partial charge < -0.3 is 21.4 Å². The topological polar surface area (TPSA) is 165 Å². The first kappa shape index (κ1) is 31.7. The number of H-pyrrole nitrogens is 2. The number of benzene rings is 4. The van der Waals surface area contributed by atoms with Crippen LogP contribution >= 0.6 is 23.2 Å². The maximum Gasteiger partial charge on any atom is 0.265 e. The van der Waals surface area contributed by atoms with Gasteiger partial charge in [-0.25, -0.2) is 8.78 Å². The maximum absolute atomic E-state index is 14.3. The number of hydrogen-bond acceptors (Lipinski definition) is 4. The van der Waals surface area contributed by atoms with Crippen molar-refractivity contribution in [3.8, 4) is 34.4 Å². The molecule has 0 spiro atoms. The minimum Gasteiger partial charge on any atom is -0.364 e. The number of nitrogens with two attached hydrogens (primary N) is 2. The van der Waals surface area contributed by atoms with Gasteiger partial charge in [-0.1, -0.05) is 29.3 Å². The smallest absolute Gasteiger partial charge is 0.265 e. The molecule has 46 heavy (non-hydrogen) atoms. The van der Waals surface area contributed by atoms with Crippen molar-refractivity contribution < 1.29 is 18.4 Å². The van der Waals surface area contributed by atoms with E-state index in [9.17, 15) is 28.9 Å². The highest BCUT2D eigenvalue weighted by molar-refractivity contribution is 6.31. The van der Waals surface area contributed by atoms with Crippen LogP contribution in [0.2, 0.25) is 10.0 Å². The number of nitrogens with one attached hydrogen (secondary N) is 2. The Kier molecular flexibility index (Phi) is 8.53. The Bertz CT molecular complexity index is 2330. The molecule has 0 fully saturated rings. The van der Waals surface area contributed by atoms with Gasteiger partial charge in [0.2, 0.25) is 0 Å². The fraction of sp³-hybridized carbons (Fsp3) is 0.0588. The molecule has 2 aromatic heterocycles. The van der Waals surface area contributed by atoms with Crippen LogP contribution in [-0.2, 0) is 0 Å². The van der Waals surface area contributed by atoms with Crippen LogP contribution in [-0.4, -0.2) is 21.8 Å². The molecule has 6 rings (SSSR count). The molecule has 6 aromatic rings. The van der Waals surface area contributed by atoms with Gasteiger partial charge in [0.05, 0.1) is 39.3 Å². The molecule has 6 N–H and O–H groups in total. The number of hydrogen-bond donors (Lipinski definition) is 4. The molecule has 0 aliphatic rings. The summed E-state index contributed by atoms with van der Waals surface area (Å²) in [6, 6.07) is 19.3. The maximum atomic E-state index is 14.3. The Labute approximate surface area is 270 Å². The number of aromatic amines is 2. The van der Waals surface area contributed by atoms with E-state index < -0.39 is 23.4 Å². The van der Waals surface area contributed by atoms with Crippen LogP contribution in [0.1, 0.15) is 43.2 Å². The highest BCUT2D eigenvalue weighted by atomic mass is 35.5. The first-order chi connectivity index (χ1) is 21.8. The highest BCUT2D eigenvalue weighted by Crippen LogP contribution is 2.36. The van der Waals surface area contributed by atoms with E-state index in [1.165, 1.54) is 24.3 Å². The first-order valence-corrected chi connectivity index (χ1v) is 14.2. The second-order valence-corrected chi connectivity index (χ2v) is 11.2. The fourth-order valence-corrected chi connectivity index (χ4v) is 5.56. The van der Waals surface area contributed by atoms with Gasteiger partial charge in [0.15, 0.2) is 0 Å². The van der Waals surface area contributed by atoms with Crippen molar-refractivity contribution in [2.24, 2.45) is 11.5 Å². The van der Waals surface area contributed by atoms with Gasteiger partial charge in [-0.05, 0) is 85.1 Å². The van der Waals surface area contributed by atoms with Gasteiger partial charge in [-0.15, -0.1) is 0 Å². The Morgan fingerprint density at radius 1 is 0.696 bits per heavy atom. The molecular weight excluding hydrogens is 633 g/mol. The van der Waals surface area contributed by atoms with E-state index in [-0.39, 0.29) is 27.0 Å². The lowest BCUT2D eigenvalue weighted by Gasteiger charge is -2.07. The number of primary amides is 2. The average Bonchev–Trinajstić information content (AvgIpc) is 3.54. The van der Waals surface area contributed by atoms with Gasteiger partial charge >= 0.3 is 0 Å². The number of aromatic nitrogens is 2. The third kappa shape index (κ3) is 5.75. The molecule has 2 amide bonds. The van der Waals surface area contributed by atoms with Crippen LogP contribution in [0.4, 0.5) is 8.78 Å². The van der Waals surface area contributed by atoms with Crippen LogP contribution in [0.25, 0.3) is 44.1 Å². The molecule has 0 unspecified atom stereocenters. The van der Waals surface area contributed by atoms with Crippen LogP contribution < -0.4 is 11.5 Å². The quantitative estimate of drug-likeness (QED) is 0.152. The summed E-state index contributed by atoms with van der Waals surface area (Å²) < 4.78 is 28.1. The Morgan fingerprint density at radius 3 is 1.70 bits per heavy atom. The predicted molar refractivity (Wildman–Crippen MR) is 173 cm³/mol. The minimum atomic E-state index is -0.611.